The van der Waals surface area contributed by atoms with Crippen molar-refractivity contribution in [3.63, 3.8) is 0 Å². The molecule has 1 aliphatic rings. The highest BCUT2D eigenvalue weighted by Gasteiger charge is 2.37. The molecular weight excluding hydrogens is 280 g/mol. The largest absolute Gasteiger partial charge is 0.331 e. The third-order valence-electron chi connectivity index (χ3n) is 3.44. The number of likely N-dealkylation sites (tertiary alicyclic amines) is 1. The van der Waals surface area contributed by atoms with Crippen molar-refractivity contribution in [1.82, 2.24) is 10.2 Å². The fraction of sp³-hybridized carbons (Fsp3) is 0.462. The summed E-state index contributed by atoms with van der Waals surface area (Å²) in [5.74, 6) is 0. The Morgan fingerprint density at radius 3 is 2.65 bits per heavy atom. The van der Waals surface area contributed by atoms with Crippen molar-refractivity contribution in [2.24, 2.45) is 0 Å². The zero-order valence-corrected chi connectivity index (χ0v) is 12.0. The number of nitrogens with one attached hydrogen (secondary N) is 1. The Bertz CT molecular complexity index is 573. The van der Waals surface area contributed by atoms with Crippen molar-refractivity contribution in [1.29, 1.82) is 0 Å². The summed E-state index contributed by atoms with van der Waals surface area (Å²) >= 11 is 0. The van der Waals surface area contributed by atoms with E-state index in [1.165, 1.54) is 4.90 Å². The van der Waals surface area contributed by atoms with Crippen LogP contribution in [-0.4, -0.2) is 35.8 Å². The van der Waals surface area contributed by atoms with Crippen LogP contribution in [-0.2, 0) is 10.1 Å². The van der Waals surface area contributed by atoms with Crippen LogP contribution in [0.25, 0.3) is 0 Å². The van der Waals surface area contributed by atoms with E-state index in [0.717, 1.165) is 5.56 Å². The van der Waals surface area contributed by atoms with Crippen molar-refractivity contribution in [2.45, 2.75) is 31.2 Å². The molecule has 1 unspecified atom stereocenters. The van der Waals surface area contributed by atoms with Crippen LogP contribution in [0.2, 0.25) is 0 Å². The normalized spacial score (nSPS) is 20.7. The first-order valence-corrected chi connectivity index (χ1v) is 7.98. The highest BCUT2D eigenvalue weighted by molar-refractivity contribution is 7.86. The van der Waals surface area contributed by atoms with E-state index in [9.17, 15) is 13.2 Å². The van der Waals surface area contributed by atoms with Crippen molar-refractivity contribution in [2.75, 3.05) is 6.54 Å². The fourth-order valence-corrected chi connectivity index (χ4v) is 3.36. The number of hydrogen-bond donors (Lipinski definition) is 2. The molecule has 0 radical (unpaired) electrons. The molecule has 0 aromatic heterocycles. The Morgan fingerprint density at radius 2 is 2.05 bits per heavy atom. The summed E-state index contributed by atoms with van der Waals surface area (Å²) < 4.78 is 31.6. The van der Waals surface area contributed by atoms with Crippen LogP contribution in [0.4, 0.5) is 4.79 Å². The lowest BCUT2D eigenvalue weighted by Gasteiger charge is -2.25. The molecule has 0 spiro atoms. The third-order valence-corrected chi connectivity index (χ3v) is 4.62. The van der Waals surface area contributed by atoms with Crippen molar-refractivity contribution < 1.29 is 17.8 Å². The maximum atomic E-state index is 12.1. The second kappa shape index (κ2) is 5.80. The summed E-state index contributed by atoms with van der Waals surface area (Å²) in [4.78, 5) is 13.3. The van der Waals surface area contributed by atoms with E-state index in [2.05, 4.69) is 5.32 Å². The minimum absolute atomic E-state index is 0.230. The number of benzene rings is 1. The van der Waals surface area contributed by atoms with Crippen LogP contribution in [0.5, 0.6) is 0 Å². The van der Waals surface area contributed by atoms with Gasteiger partial charge in [-0.1, -0.05) is 30.3 Å². The molecule has 1 fully saturated rings. The molecule has 0 aliphatic carbocycles. The predicted molar refractivity (Wildman–Crippen MR) is 74.7 cm³/mol. The van der Waals surface area contributed by atoms with Gasteiger partial charge in [-0.2, -0.15) is 8.42 Å². The number of hydrogen-bond acceptors (Lipinski definition) is 3. The quantitative estimate of drug-likeness (QED) is 0.833. The van der Waals surface area contributed by atoms with Gasteiger partial charge in [-0.05, 0) is 25.3 Å². The maximum absolute atomic E-state index is 12.1. The Labute approximate surface area is 118 Å². The lowest BCUT2D eigenvalue weighted by Crippen LogP contribution is -2.46. The summed E-state index contributed by atoms with van der Waals surface area (Å²) in [5, 5.41) is 1.62. The summed E-state index contributed by atoms with van der Waals surface area (Å²) in [6, 6.07) is 8.69. The topological polar surface area (TPSA) is 86.7 Å². The van der Waals surface area contributed by atoms with Gasteiger partial charge in [0.05, 0.1) is 6.04 Å². The highest BCUT2D eigenvalue weighted by atomic mass is 32.2. The Hall–Kier alpha value is -1.60. The number of rotatable bonds is 3. The van der Waals surface area contributed by atoms with Crippen LogP contribution >= 0.6 is 0 Å². The monoisotopic (exact) mass is 298 g/mol. The molecule has 2 rings (SSSR count). The summed E-state index contributed by atoms with van der Waals surface area (Å²) in [7, 11) is -4.23. The van der Waals surface area contributed by atoms with Crippen LogP contribution in [0.15, 0.2) is 30.3 Å². The lowest BCUT2D eigenvalue weighted by molar-refractivity contribution is 0.198. The zero-order chi connectivity index (χ0) is 14.8. The second-order valence-corrected chi connectivity index (χ2v) is 6.46. The molecule has 0 bridgehead atoms. The molecule has 7 heteroatoms. The van der Waals surface area contributed by atoms with Gasteiger partial charge in [0, 0.05) is 6.54 Å². The molecule has 6 nitrogen and oxygen atoms in total. The van der Waals surface area contributed by atoms with Gasteiger partial charge in [-0.3, -0.25) is 4.55 Å². The highest BCUT2D eigenvalue weighted by Crippen LogP contribution is 2.22. The van der Waals surface area contributed by atoms with Gasteiger partial charge in [0.1, 0.15) is 0 Å². The van der Waals surface area contributed by atoms with Crippen LogP contribution in [0.3, 0.4) is 0 Å². The molecular formula is C13H18N2O4S. The standard InChI is InChI=1S/C13H18N2O4S/c1-10(11-6-3-2-4-7-11)14-13(16)15-9-5-8-12(15)20(17,18)19/h2-4,6-7,10,12H,5,8-9H2,1H3,(H,14,16)(H,17,18,19)/t10?,12-/m1/s1. The van der Waals surface area contributed by atoms with E-state index >= 15 is 0 Å². The van der Waals surface area contributed by atoms with Gasteiger partial charge < -0.3 is 10.2 Å². The zero-order valence-electron chi connectivity index (χ0n) is 11.2. The van der Waals surface area contributed by atoms with Gasteiger partial charge >= 0.3 is 6.03 Å². The maximum Gasteiger partial charge on any atom is 0.319 e. The molecule has 2 atom stereocenters. The van der Waals surface area contributed by atoms with E-state index in [1.807, 2.05) is 37.3 Å². The smallest absolute Gasteiger partial charge is 0.319 e. The molecule has 1 aromatic carbocycles. The molecule has 2 N–H and O–H groups in total. The first-order chi connectivity index (χ1) is 9.39. The van der Waals surface area contributed by atoms with Crippen LogP contribution < -0.4 is 5.32 Å². The molecule has 1 saturated heterocycles. The number of carbonyl (C=O) groups is 1. The van der Waals surface area contributed by atoms with E-state index < -0.39 is 21.5 Å². The predicted octanol–water partition coefficient (Wildman–Crippen LogP) is 1.77. The van der Waals surface area contributed by atoms with E-state index in [4.69, 9.17) is 4.55 Å². The molecule has 0 saturated carbocycles. The molecule has 20 heavy (non-hydrogen) atoms. The average molecular weight is 298 g/mol. The van der Waals surface area contributed by atoms with E-state index in [1.54, 1.807) is 0 Å². The fourth-order valence-electron chi connectivity index (χ4n) is 2.37. The van der Waals surface area contributed by atoms with E-state index in [-0.39, 0.29) is 12.5 Å². The van der Waals surface area contributed by atoms with Gasteiger partial charge in [-0.25, -0.2) is 4.79 Å². The Kier molecular flexibility index (Phi) is 4.29. The SMILES string of the molecule is CC(NC(=O)N1CCC[C@H]1S(=O)(=O)O)c1ccccc1. The minimum Gasteiger partial charge on any atom is -0.331 e. The van der Waals surface area contributed by atoms with Crippen molar-refractivity contribution >= 4 is 16.1 Å². The number of carbonyl (C=O) groups excluding carboxylic acids is 1. The molecule has 1 heterocycles. The Morgan fingerprint density at radius 1 is 1.40 bits per heavy atom. The molecule has 2 amide bonds. The van der Waals surface area contributed by atoms with Gasteiger partial charge in [-0.15, -0.1) is 0 Å². The lowest BCUT2D eigenvalue weighted by atomic mass is 10.1. The van der Waals surface area contributed by atoms with Crippen molar-refractivity contribution in [3.8, 4) is 0 Å². The first kappa shape index (κ1) is 14.8. The van der Waals surface area contributed by atoms with Gasteiger partial charge in [0.25, 0.3) is 10.1 Å². The molecule has 1 aromatic rings. The average Bonchev–Trinajstić information content (AvgIpc) is 2.89. The first-order valence-electron chi connectivity index (χ1n) is 6.48. The van der Waals surface area contributed by atoms with Gasteiger partial charge in [0.2, 0.25) is 0 Å². The van der Waals surface area contributed by atoms with Crippen LogP contribution in [0.1, 0.15) is 31.4 Å². The van der Waals surface area contributed by atoms with E-state index in [0.29, 0.717) is 13.0 Å². The summed E-state index contributed by atoms with van der Waals surface area (Å²) in [6.07, 6.45) is 0.837. The number of amides is 2. The second-order valence-electron chi connectivity index (χ2n) is 4.89. The molecule has 1 aliphatic heterocycles. The molecule has 110 valence electrons. The summed E-state index contributed by atoms with van der Waals surface area (Å²) in [6.45, 7) is 2.16. The summed E-state index contributed by atoms with van der Waals surface area (Å²) in [5.41, 5.74) is 0.934. The minimum atomic E-state index is -4.23. The Balaban J connectivity index is 2.05. The third kappa shape index (κ3) is 3.29. The van der Waals surface area contributed by atoms with Crippen molar-refractivity contribution in [3.05, 3.63) is 35.9 Å². The number of nitrogens with zero attached hydrogens (tertiary/aromatic N) is 1. The number of urea groups is 1. The van der Waals surface area contributed by atoms with Crippen LogP contribution in [0, 0.1) is 0 Å². The van der Waals surface area contributed by atoms with Gasteiger partial charge in [0.15, 0.2) is 5.37 Å².